The predicted molar refractivity (Wildman–Crippen MR) is 51.3 cm³/mol. The van der Waals surface area contributed by atoms with Crippen molar-refractivity contribution in [3.8, 4) is 0 Å². The molecule has 0 aromatic rings. The highest BCUT2D eigenvalue weighted by molar-refractivity contribution is 5.88. The summed E-state index contributed by atoms with van der Waals surface area (Å²) in [6.45, 7) is 6.00. The number of carbonyl (C=O) groups is 1. The average Bonchev–Trinajstić information content (AvgIpc) is 2.10. The lowest BCUT2D eigenvalue weighted by Crippen LogP contribution is -2.14. The highest BCUT2D eigenvalue weighted by Gasteiger charge is 2.09. The minimum atomic E-state index is -0.405. The highest BCUT2D eigenvalue weighted by atomic mass is 16.5. The zero-order chi connectivity index (χ0) is 10.3. The Morgan fingerprint density at radius 1 is 1.54 bits per heavy atom. The van der Waals surface area contributed by atoms with E-state index in [-0.39, 0.29) is 6.61 Å². The van der Waals surface area contributed by atoms with Crippen LogP contribution < -0.4 is 0 Å². The Kier molecular flexibility index (Phi) is 6.24. The van der Waals surface area contributed by atoms with Gasteiger partial charge in [0.2, 0.25) is 0 Å². The number of rotatable bonds is 5. The molecule has 0 rings (SSSR count). The minimum Gasteiger partial charge on any atom is -0.462 e. The summed E-state index contributed by atoms with van der Waals surface area (Å²) in [4.78, 5) is 11.2. The van der Waals surface area contributed by atoms with Gasteiger partial charge in [0.25, 0.3) is 0 Å². The molecule has 0 aromatic carbocycles. The monoisotopic (exact) mass is 186 g/mol. The molecule has 0 aromatic heterocycles. The maximum absolute atomic E-state index is 11.2. The Morgan fingerprint density at radius 2 is 2.15 bits per heavy atom. The van der Waals surface area contributed by atoms with Gasteiger partial charge in [0.15, 0.2) is 0 Å². The standard InChI is InChI=1S/C10H18O3/c1-4-5-9(6-11)10(12)13-7-8(2)3/h5,8,11H,4,6-7H2,1-3H3. The maximum atomic E-state index is 11.2. The number of hydrogen-bond acceptors (Lipinski definition) is 3. The molecule has 0 fully saturated rings. The summed E-state index contributed by atoms with van der Waals surface area (Å²) < 4.78 is 4.94. The van der Waals surface area contributed by atoms with E-state index in [4.69, 9.17) is 9.84 Å². The molecule has 0 heterocycles. The van der Waals surface area contributed by atoms with E-state index in [0.29, 0.717) is 18.1 Å². The first kappa shape index (κ1) is 12.2. The molecule has 1 N–H and O–H groups in total. The van der Waals surface area contributed by atoms with Crippen LogP contribution in [0.25, 0.3) is 0 Å². The lowest BCUT2D eigenvalue weighted by Gasteiger charge is -2.07. The largest absolute Gasteiger partial charge is 0.462 e. The van der Waals surface area contributed by atoms with Crippen LogP contribution in [0.1, 0.15) is 27.2 Å². The molecule has 3 nitrogen and oxygen atoms in total. The van der Waals surface area contributed by atoms with E-state index in [1.54, 1.807) is 6.08 Å². The summed E-state index contributed by atoms with van der Waals surface area (Å²) in [7, 11) is 0. The van der Waals surface area contributed by atoms with E-state index in [1.807, 2.05) is 20.8 Å². The van der Waals surface area contributed by atoms with E-state index in [9.17, 15) is 4.79 Å². The van der Waals surface area contributed by atoms with Crippen molar-refractivity contribution in [3.63, 3.8) is 0 Å². The zero-order valence-electron chi connectivity index (χ0n) is 8.54. The first-order valence-electron chi connectivity index (χ1n) is 4.58. The molecule has 13 heavy (non-hydrogen) atoms. The fraction of sp³-hybridized carbons (Fsp3) is 0.700. The second-order valence-corrected chi connectivity index (χ2v) is 3.29. The van der Waals surface area contributed by atoms with Gasteiger partial charge in [-0.05, 0) is 12.3 Å². The summed E-state index contributed by atoms with van der Waals surface area (Å²) in [5, 5.41) is 8.82. The molecule has 0 saturated heterocycles. The van der Waals surface area contributed by atoms with Gasteiger partial charge >= 0.3 is 5.97 Å². The summed E-state index contributed by atoms with van der Waals surface area (Å²) in [6, 6.07) is 0. The van der Waals surface area contributed by atoms with Gasteiger partial charge in [0.1, 0.15) is 0 Å². The fourth-order valence-electron chi connectivity index (χ4n) is 0.794. The molecule has 3 heteroatoms. The first-order chi connectivity index (χ1) is 6.11. The van der Waals surface area contributed by atoms with Crippen LogP contribution in [0.15, 0.2) is 11.6 Å². The summed E-state index contributed by atoms with van der Waals surface area (Å²) in [5.41, 5.74) is 0.350. The third-order valence-electron chi connectivity index (χ3n) is 1.43. The summed E-state index contributed by atoms with van der Waals surface area (Å²) in [5.74, 6) is -0.0800. The van der Waals surface area contributed by atoms with Crippen molar-refractivity contribution < 1.29 is 14.6 Å². The van der Waals surface area contributed by atoms with Crippen LogP contribution in [0.4, 0.5) is 0 Å². The number of allylic oxidation sites excluding steroid dienone is 1. The summed E-state index contributed by atoms with van der Waals surface area (Å²) in [6.07, 6.45) is 2.41. The number of carbonyl (C=O) groups excluding carboxylic acids is 1. The molecule has 0 saturated carbocycles. The van der Waals surface area contributed by atoms with E-state index in [2.05, 4.69) is 0 Å². The molecule has 0 aliphatic rings. The van der Waals surface area contributed by atoms with Crippen molar-refractivity contribution in [1.29, 1.82) is 0 Å². The van der Waals surface area contributed by atoms with E-state index < -0.39 is 5.97 Å². The molecule has 0 bridgehead atoms. The van der Waals surface area contributed by atoms with Gasteiger partial charge in [-0.25, -0.2) is 4.79 Å². The van der Waals surface area contributed by atoms with Gasteiger partial charge in [-0.15, -0.1) is 0 Å². The zero-order valence-corrected chi connectivity index (χ0v) is 8.54. The SMILES string of the molecule is CCC=C(CO)C(=O)OCC(C)C. The van der Waals surface area contributed by atoms with Gasteiger partial charge in [-0.1, -0.05) is 26.8 Å². The Bertz CT molecular complexity index is 183. The van der Waals surface area contributed by atoms with E-state index in [1.165, 1.54) is 0 Å². The number of esters is 1. The van der Waals surface area contributed by atoms with Crippen LogP contribution in [0.5, 0.6) is 0 Å². The number of aliphatic hydroxyl groups excluding tert-OH is 1. The van der Waals surface area contributed by atoms with Crippen molar-refractivity contribution in [2.45, 2.75) is 27.2 Å². The van der Waals surface area contributed by atoms with Crippen molar-refractivity contribution in [2.75, 3.05) is 13.2 Å². The molecular formula is C10H18O3. The van der Waals surface area contributed by atoms with Crippen molar-refractivity contribution >= 4 is 5.97 Å². The van der Waals surface area contributed by atoms with Crippen LogP contribution in [-0.4, -0.2) is 24.3 Å². The third-order valence-corrected chi connectivity index (χ3v) is 1.43. The molecule has 0 unspecified atom stereocenters. The van der Waals surface area contributed by atoms with Gasteiger partial charge in [0.05, 0.1) is 18.8 Å². The van der Waals surface area contributed by atoms with Crippen LogP contribution in [-0.2, 0) is 9.53 Å². The Morgan fingerprint density at radius 3 is 2.54 bits per heavy atom. The second-order valence-electron chi connectivity index (χ2n) is 3.29. The Balaban J connectivity index is 4.00. The Labute approximate surface area is 79.4 Å². The molecule has 0 atom stereocenters. The van der Waals surface area contributed by atoms with Crippen LogP contribution in [0.3, 0.4) is 0 Å². The van der Waals surface area contributed by atoms with Gasteiger partial charge in [-0.2, -0.15) is 0 Å². The van der Waals surface area contributed by atoms with Crippen LogP contribution in [0.2, 0.25) is 0 Å². The Hall–Kier alpha value is -0.830. The van der Waals surface area contributed by atoms with Gasteiger partial charge in [0, 0.05) is 0 Å². The van der Waals surface area contributed by atoms with Crippen molar-refractivity contribution in [3.05, 3.63) is 11.6 Å². The molecule has 0 aliphatic heterocycles. The molecule has 0 amide bonds. The lowest BCUT2D eigenvalue weighted by molar-refractivity contribution is -0.140. The van der Waals surface area contributed by atoms with E-state index >= 15 is 0 Å². The number of hydrogen-bond donors (Lipinski definition) is 1. The third kappa shape index (κ3) is 5.42. The molecule has 0 radical (unpaired) electrons. The topological polar surface area (TPSA) is 46.5 Å². The molecule has 0 aliphatic carbocycles. The number of aliphatic hydroxyl groups is 1. The predicted octanol–water partition coefficient (Wildman–Crippen LogP) is 1.51. The van der Waals surface area contributed by atoms with Gasteiger partial charge in [-0.3, -0.25) is 0 Å². The first-order valence-corrected chi connectivity index (χ1v) is 4.58. The van der Waals surface area contributed by atoms with Crippen molar-refractivity contribution in [1.82, 2.24) is 0 Å². The van der Waals surface area contributed by atoms with Crippen LogP contribution in [0, 0.1) is 5.92 Å². The van der Waals surface area contributed by atoms with Crippen LogP contribution >= 0.6 is 0 Å². The lowest BCUT2D eigenvalue weighted by atomic mass is 10.2. The fourth-order valence-corrected chi connectivity index (χ4v) is 0.794. The summed E-state index contributed by atoms with van der Waals surface area (Å²) >= 11 is 0. The van der Waals surface area contributed by atoms with Gasteiger partial charge < -0.3 is 9.84 Å². The van der Waals surface area contributed by atoms with Crippen molar-refractivity contribution in [2.24, 2.45) is 5.92 Å². The number of ether oxygens (including phenoxy) is 1. The molecular weight excluding hydrogens is 168 g/mol. The van der Waals surface area contributed by atoms with E-state index in [0.717, 1.165) is 6.42 Å². The molecule has 76 valence electrons. The normalized spacial score (nSPS) is 11.9. The smallest absolute Gasteiger partial charge is 0.336 e. The molecule has 0 spiro atoms. The second kappa shape index (κ2) is 6.66. The average molecular weight is 186 g/mol. The highest BCUT2D eigenvalue weighted by Crippen LogP contribution is 2.01. The maximum Gasteiger partial charge on any atom is 0.336 e. The quantitative estimate of drug-likeness (QED) is 0.523. The minimum absolute atomic E-state index is 0.245.